The van der Waals surface area contributed by atoms with Crippen LogP contribution in [0.15, 0.2) is 85.1 Å². The van der Waals surface area contributed by atoms with Crippen LogP contribution in [0.4, 0.5) is 11.4 Å². The van der Waals surface area contributed by atoms with E-state index in [0.717, 1.165) is 40.9 Å². The SMILES string of the molecule is C[C@H]1[C@H]([Si](C)(C)O)[C@@H](CCn2cc([C@H](O)c3ccccc3)nn2)O[C@]12C(=O)N(Cc1cccc(N3CCCCC3=O)c1)c1ccccc12. The van der Waals surface area contributed by atoms with Crippen molar-refractivity contribution in [3.8, 4) is 0 Å². The summed E-state index contributed by atoms with van der Waals surface area (Å²) < 4.78 is 8.66. The molecule has 0 aliphatic carbocycles. The molecule has 1 aromatic heterocycles. The number of hydrogen-bond donors (Lipinski definition) is 2. The summed E-state index contributed by atoms with van der Waals surface area (Å²) in [6, 6.07) is 25.1. The number of anilines is 2. The fraction of sp³-hybridized carbons (Fsp3) is 0.405. The van der Waals surface area contributed by atoms with Crippen LogP contribution in [0, 0.1) is 5.92 Å². The van der Waals surface area contributed by atoms with Gasteiger partial charge in [-0.2, -0.15) is 0 Å². The predicted octanol–water partition coefficient (Wildman–Crippen LogP) is 5.31. The Hall–Kier alpha value is -4.16. The first kappa shape index (κ1) is 32.4. The van der Waals surface area contributed by atoms with E-state index in [2.05, 4.69) is 10.3 Å². The highest BCUT2D eigenvalue weighted by Gasteiger charge is 2.66. The quantitative estimate of drug-likeness (QED) is 0.233. The fourth-order valence-electron chi connectivity index (χ4n) is 8.16. The number of amides is 2. The van der Waals surface area contributed by atoms with Gasteiger partial charge in [-0.05, 0) is 61.7 Å². The van der Waals surface area contributed by atoms with Gasteiger partial charge in [0.1, 0.15) is 11.8 Å². The molecule has 4 heterocycles. The lowest BCUT2D eigenvalue weighted by Gasteiger charge is -2.32. The lowest BCUT2D eigenvalue weighted by Crippen LogP contribution is -2.46. The zero-order valence-electron chi connectivity index (χ0n) is 27.7. The fourth-order valence-corrected chi connectivity index (χ4v) is 10.8. The minimum Gasteiger partial charge on any atom is -0.432 e. The maximum atomic E-state index is 14.8. The summed E-state index contributed by atoms with van der Waals surface area (Å²) in [4.78, 5) is 42.7. The summed E-state index contributed by atoms with van der Waals surface area (Å²) in [5.41, 5.74) is 3.15. The number of hydrogen-bond acceptors (Lipinski definition) is 7. The summed E-state index contributed by atoms with van der Waals surface area (Å²) in [5, 5.41) is 19.3. The number of carbonyl (C=O) groups excluding carboxylic acids is 2. The molecule has 0 saturated carbocycles. The summed E-state index contributed by atoms with van der Waals surface area (Å²) in [5.74, 6) is -0.276. The number of para-hydroxylation sites is 1. The number of nitrogens with zero attached hydrogens (tertiary/aromatic N) is 5. The Morgan fingerprint density at radius 2 is 1.79 bits per heavy atom. The van der Waals surface area contributed by atoms with Crippen molar-refractivity contribution in [3.63, 3.8) is 0 Å². The molecule has 4 aromatic rings. The highest BCUT2D eigenvalue weighted by molar-refractivity contribution is 6.71. The molecule has 5 atom stereocenters. The van der Waals surface area contributed by atoms with E-state index in [4.69, 9.17) is 4.74 Å². The van der Waals surface area contributed by atoms with Gasteiger partial charge in [-0.1, -0.05) is 72.8 Å². The lowest BCUT2D eigenvalue weighted by atomic mass is 9.82. The first-order valence-corrected chi connectivity index (χ1v) is 19.9. The van der Waals surface area contributed by atoms with Crippen LogP contribution in [0.5, 0.6) is 0 Å². The smallest absolute Gasteiger partial charge is 0.264 e. The molecule has 48 heavy (non-hydrogen) atoms. The van der Waals surface area contributed by atoms with Gasteiger partial charge in [0.2, 0.25) is 5.91 Å². The normalized spacial score (nSPS) is 24.8. The van der Waals surface area contributed by atoms with Crippen LogP contribution >= 0.6 is 0 Å². The Balaban J connectivity index is 1.15. The molecule has 3 aromatic carbocycles. The lowest BCUT2D eigenvalue weighted by molar-refractivity contribution is -0.146. The molecule has 2 N–H and O–H groups in total. The van der Waals surface area contributed by atoms with Gasteiger partial charge in [0, 0.05) is 42.2 Å². The molecule has 2 saturated heterocycles. The van der Waals surface area contributed by atoms with Gasteiger partial charge in [0.15, 0.2) is 13.9 Å². The average Bonchev–Trinajstić information content (AvgIpc) is 3.75. The number of rotatable bonds is 9. The van der Waals surface area contributed by atoms with E-state index in [-0.39, 0.29) is 23.3 Å². The maximum absolute atomic E-state index is 14.8. The van der Waals surface area contributed by atoms with E-state index >= 15 is 0 Å². The largest absolute Gasteiger partial charge is 0.432 e. The molecule has 2 amide bonds. The van der Waals surface area contributed by atoms with Crippen LogP contribution in [0.3, 0.4) is 0 Å². The first-order valence-electron chi connectivity index (χ1n) is 16.9. The van der Waals surface area contributed by atoms with Crippen LogP contribution in [-0.4, -0.2) is 57.7 Å². The van der Waals surface area contributed by atoms with Crippen molar-refractivity contribution in [2.45, 2.75) is 82.1 Å². The Morgan fingerprint density at radius 1 is 1.02 bits per heavy atom. The number of carbonyl (C=O) groups is 2. The topological polar surface area (TPSA) is 121 Å². The predicted molar refractivity (Wildman–Crippen MR) is 185 cm³/mol. The zero-order chi connectivity index (χ0) is 33.6. The molecule has 7 rings (SSSR count). The Labute approximate surface area is 282 Å². The number of aromatic nitrogens is 3. The van der Waals surface area contributed by atoms with E-state index in [1.807, 2.05) is 109 Å². The second kappa shape index (κ2) is 12.7. The number of ether oxygens (including phenoxy) is 1. The third kappa shape index (κ3) is 5.68. The molecule has 3 aliphatic heterocycles. The minimum absolute atomic E-state index is 0.129. The summed E-state index contributed by atoms with van der Waals surface area (Å²) in [7, 11) is -2.84. The van der Waals surface area contributed by atoms with Crippen molar-refractivity contribution >= 4 is 31.5 Å². The molecule has 11 heteroatoms. The van der Waals surface area contributed by atoms with Gasteiger partial charge < -0.3 is 24.4 Å². The average molecular weight is 666 g/mol. The summed E-state index contributed by atoms with van der Waals surface area (Å²) in [6.45, 7) is 7.37. The van der Waals surface area contributed by atoms with E-state index in [0.29, 0.717) is 38.2 Å². The van der Waals surface area contributed by atoms with Crippen LogP contribution in [0.1, 0.15) is 61.1 Å². The molecule has 3 aliphatic rings. The van der Waals surface area contributed by atoms with Crippen molar-refractivity contribution in [2.24, 2.45) is 5.92 Å². The molecule has 0 unspecified atom stereocenters. The van der Waals surface area contributed by atoms with E-state index < -0.39 is 26.1 Å². The minimum atomic E-state index is -2.84. The van der Waals surface area contributed by atoms with Gasteiger partial charge >= 0.3 is 0 Å². The van der Waals surface area contributed by atoms with Crippen molar-refractivity contribution in [1.82, 2.24) is 15.0 Å². The maximum Gasteiger partial charge on any atom is 0.264 e. The number of aliphatic hydroxyl groups excluding tert-OH is 1. The standard InChI is InChI=1S/C37H43N5O5Si/c1-25-35(48(2,3)46)32(19-21-40-24-30(38-39-40)34(44)27-13-5-4-6-14-27)47-37(25)29-16-7-8-17-31(29)42(36(37)45)23-26-12-11-15-28(22-26)41-20-10-9-18-33(41)43/h4-8,11-17,22,24-25,32,34-35,44,46H,9-10,18-21,23H2,1-3H3/t25-,32+,34+,35-,37+/m0/s1. The van der Waals surface area contributed by atoms with Gasteiger partial charge in [0.05, 0.1) is 24.5 Å². The van der Waals surface area contributed by atoms with Crippen molar-refractivity contribution in [1.29, 1.82) is 0 Å². The molecule has 1 spiro atoms. The van der Waals surface area contributed by atoms with Gasteiger partial charge in [0.25, 0.3) is 5.91 Å². The molecule has 250 valence electrons. The molecular weight excluding hydrogens is 623 g/mol. The summed E-state index contributed by atoms with van der Waals surface area (Å²) in [6.07, 6.45) is 3.42. The number of piperidine rings is 1. The van der Waals surface area contributed by atoms with Crippen molar-refractivity contribution in [3.05, 3.63) is 107 Å². The second-order valence-corrected chi connectivity index (χ2v) is 17.9. The molecule has 10 nitrogen and oxygen atoms in total. The first-order chi connectivity index (χ1) is 23.1. The monoisotopic (exact) mass is 665 g/mol. The van der Waals surface area contributed by atoms with E-state index in [1.165, 1.54) is 0 Å². The third-order valence-electron chi connectivity index (χ3n) is 10.4. The highest BCUT2D eigenvalue weighted by atomic mass is 28.4. The molecule has 0 radical (unpaired) electrons. The number of aliphatic hydroxyl groups is 1. The van der Waals surface area contributed by atoms with E-state index in [9.17, 15) is 19.5 Å². The van der Waals surface area contributed by atoms with Gasteiger partial charge in [-0.15, -0.1) is 5.10 Å². The number of fused-ring (bicyclic) bond motifs is 2. The Kier molecular flexibility index (Phi) is 8.57. The zero-order valence-corrected chi connectivity index (χ0v) is 28.7. The van der Waals surface area contributed by atoms with Crippen LogP contribution in [-0.2, 0) is 33.0 Å². The van der Waals surface area contributed by atoms with Crippen LogP contribution in [0.25, 0.3) is 0 Å². The molecule has 0 bridgehead atoms. The van der Waals surface area contributed by atoms with Crippen LogP contribution < -0.4 is 9.80 Å². The molecule has 2 fully saturated rings. The van der Waals surface area contributed by atoms with Crippen molar-refractivity contribution < 1.29 is 24.2 Å². The van der Waals surface area contributed by atoms with Crippen LogP contribution in [0.2, 0.25) is 18.6 Å². The van der Waals surface area contributed by atoms with Gasteiger partial charge in [-0.25, -0.2) is 0 Å². The van der Waals surface area contributed by atoms with E-state index in [1.54, 1.807) is 10.9 Å². The Bertz CT molecular complexity index is 1810. The third-order valence-corrected chi connectivity index (χ3v) is 12.9. The number of aryl methyl sites for hydroxylation is 1. The number of benzene rings is 3. The van der Waals surface area contributed by atoms with Crippen molar-refractivity contribution in [2.75, 3.05) is 16.3 Å². The highest BCUT2D eigenvalue weighted by Crippen LogP contribution is 2.59. The Morgan fingerprint density at radius 3 is 2.56 bits per heavy atom. The second-order valence-electron chi connectivity index (χ2n) is 13.9. The van der Waals surface area contributed by atoms with Gasteiger partial charge in [-0.3, -0.25) is 14.3 Å². The molecular formula is C37H43N5O5Si. The summed E-state index contributed by atoms with van der Waals surface area (Å²) >= 11 is 0.